The highest BCUT2D eigenvalue weighted by molar-refractivity contribution is 7.07. The molecule has 29 heavy (non-hydrogen) atoms. The SMILES string of the molecule is O=C(NCC1CCN(Cc2ccsc2)CC1)C(=O)Nc1ccc(F)c([N+](=O)[O-])c1. The van der Waals surface area contributed by atoms with Crippen molar-refractivity contribution in [3.63, 3.8) is 0 Å². The summed E-state index contributed by atoms with van der Waals surface area (Å²) in [5.41, 5.74) is 0.525. The number of benzene rings is 1. The third-order valence-corrected chi connectivity index (χ3v) is 5.58. The van der Waals surface area contributed by atoms with Gasteiger partial charge < -0.3 is 10.6 Å². The number of nitro benzene ring substituents is 1. The maximum Gasteiger partial charge on any atom is 0.313 e. The molecule has 0 unspecified atom stereocenters. The largest absolute Gasteiger partial charge is 0.348 e. The number of thiophene rings is 1. The van der Waals surface area contributed by atoms with Crippen molar-refractivity contribution in [1.29, 1.82) is 0 Å². The highest BCUT2D eigenvalue weighted by Gasteiger charge is 2.22. The number of nitrogens with one attached hydrogen (secondary N) is 2. The van der Waals surface area contributed by atoms with Crippen LogP contribution in [-0.2, 0) is 16.1 Å². The van der Waals surface area contributed by atoms with E-state index >= 15 is 0 Å². The fraction of sp³-hybridized carbons (Fsp3) is 0.368. The second kappa shape index (κ2) is 9.57. The Labute approximate surface area is 170 Å². The maximum absolute atomic E-state index is 13.3. The van der Waals surface area contributed by atoms with Crippen LogP contribution < -0.4 is 10.6 Å². The van der Waals surface area contributed by atoms with Gasteiger partial charge in [0.1, 0.15) is 0 Å². The van der Waals surface area contributed by atoms with Gasteiger partial charge in [0.15, 0.2) is 0 Å². The molecule has 1 fully saturated rings. The topological polar surface area (TPSA) is 105 Å². The lowest BCUT2D eigenvalue weighted by Crippen LogP contribution is -2.41. The Kier molecular flexibility index (Phi) is 6.89. The first kappa shape index (κ1) is 20.9. The van der Waals surface area contributed by atoms with Crippen LogP contribution >= 0.6 is 11.3 Å². The number of nitro groups is 1. The Bertz CT molecular complexity index is 882. The minimum atomic E-state index is -1.01. The molecule has 1 aromatic heterocycles. The monoisotopic (exact) mass is 420 g/mol. The first-order valence-electron chi connectivity index (χ1n) is 9.19. The van der Waals surface area contributed by atoms with Crippen LogP contribution in [-0.4, -0.2) is 41.3 Å². The second-order valence-electron chi connectivity index (χ2n) is 6.94. The first-order valence-corrected chi connectivity index (χ1v) is 10.1. The third-order valence-electron chi connectivity index (χ3n) is 4.85. The standard InChI is InChI=1S/C19H21FN4O4S/c20-16-2-1-15(9-17(16)24(27)28)22-19(26)18(25)21-10-13-3-6-23(7-4-13)11-14-5-8-29-12-14/h1-2,5,8-9,12-13H,3-4,6-7,10-11H2,(H,21,25)(H,22,26). The number of carbonyl (C=O) groups excluding carboxylic acids is 2. The van der Waals surface area contributed by atoms with E-state index in [4.69, 9.17) is 0 Å². The summed E-state index contributed by atoms with van der Waals surface area (Å²) >= 11 is 1.68. The zero-order chi connectivity index (χ0) is 20.8. The van der Waals surface area contributed by atoms with E-state index in [1.54, 1.807) is 11.3 Å². The summed E-state index contributed by atoms with van der Waals surface area (Å²) in [4.78, 5) is 36.2. The van der Waals surface area contributed by atoms with Gasteiger partial charge in [-0.15, -0.1) is 0 Å². The molecule has 3 rings (SSSR count). The van der Waals surface area contributed by atoms with Crippen molar-refractivity contribution in [3.8, 4) is 0 Å². The van der Waals surface area contributed by atoms with Gasteiger partial charge in [-0.25, -0.2) is 0 Å². The predicted molar refractivity (Wildman–Crippen MR) is 107 cm³/mol. The third kappa shape index (κ3) is 5.81. The van der Waals surface area contributed by atoms with Gasteiger partial charge in [-0.2, -0.15) is 15.7 Å². The number of carbonyl (C=O) groups is 2. The molecular formula is C19H21FN4O4S. The van der Waals surface area contributed by atoms with Gasteiger partial charge in [-0.3, -0.25) is 24.6 Å². The van der Waals surface area contributed by atoms with Crippen LogP contribution in [0.1, 0.15) is 18.4 Å². The molecule has 154 valence electrons. The Balaban J connectivity index is 1.42. The van der Waals surface area contributed by atoms with E-state index < -0.39 is 28.2 Å². The Morgan fingerprint density at radius 3 is 2.66 bits per heavy atom. The van der Waals surface area contributed by atoms with E-state index in [9.17, 15) is 24.1 Å². The molecule has 1 aliphatic rings. The zero-order valence-corrected chi connectivity index (χ0v) is 16.4. The summed E-state index contributed by atoms with van der Waals surface area (Å²) in [6.07, 6.45) is 1.85. The molecule has 2 N–H and O–H groups in total. The first-order chi connectivity index (χ1) is 13.9. The molecule has 2 heterocycles. The van der Waals surface area contributed by atoms with Gasteiger partial charge in [0, 0.05) is 24.8 Å². The van der Waals surface area contributed by atoms with Crippen LogP contribution in [0.25, 0.3) is 0 Å². The van der Waals surface area contributed by atoms with Crippen LogP contribution in [0, 0.1) is 21.8 Å². The minimum absolute atomic E-state index is 0.0139. The highest BCUT2D eigenvalue weighted by atomic mass is 32.1. The van der Waals surface area contributed by atoms with E-state index in [-0.39, 0.29) is 11.6 Å². The number of rotatable bonds is 6. The van der Waals surface area contributed by atoms with Gasteiger partial charge >= 0.3 is 17.5 Å². The quantitative estimate of drug-likeness (QED) is 0.425. The van der Waals surface area contributed by atoms with Gasteiger partial charge in [0.25, 0.3) is 0 Å². The fourth-order valence-electron chi connectivity index (χ4n) is 3.23. The Morgan fingerprint density at radius 1 is 1.24 bits per heavy atom. The lowest BCUT2D eigenvalue weighted by atomic mass is 9.96. The van der Waals surface area contributed by atoms with Crippen molar-refractivity contribution in [2.24, 2.45) is 5.92 Å². The fourth-order valence-corrected chi connectivity index (χ4v) is 3.88. The summed E-state index contributed by atoms with van der Waals surface area (Å²) in [7, 11) is 0. The highest BCUT2D eigenvalue weighted by Crippen LogP contribution is 2.22. The molecule has 1 aliphatic heterocycles. The van der Waals surface area contributed by atoms with E-state index in [1.807, 2.05) is 0 Å². The Morgan fingerprint density at radius 2 is 2.00 bits per heavy atom. The summed E-state index contributed by atoms with van der Waals surface area (Å²) in [6, 6.07) is 5.03. The van der Waals surface area contributed by atoms with Crippen molar-refractivity contribution in [2.75, 3.05) is 25.0 Å². The average molecular weight is 420 g/mol. The number of likely N-dealkylation sites (tertiary alicyclic amines) is 1. The number of piperidine rings is 1. The van der Waals surface area contributed by atoms with Gasteiger partial charge in [0.2, 0.25) is 5.82 Å². The van der Waals surface area contributed by atoms with E-state index in [0.717, 1.165) is 50.7 Å². The zero-order valence-electron chi connectivity index (χ0n) is 15.6. The molecule has 0 bridgehead atoms. The summed E-state index contributed by atoms with van der Waals surface area (Å²) in [6.45, 7) is 3.18. The van der Waals surface area contributed by atoms with Gasteiger partial charge in [-0.1, -0.05) is 0 Å². The second-order valence-corrected chi connectivity index (χ2v) is 7.72. The molecule has 0 aliphatic carbocycles. The summed E-state index contributed by atoms with van der Waals surface area (Å²) in [5, 5.41) is 19.8. The van der Waals surface area contributed by atoms with Crippen LogP contribution in [0.4, 0.5) is 15.8 Å². The van der Waals surface area contributed by atoms with Crippen LogP contribution in [0.15, 0.2) is 35.0 Å². The molecule has 1 saturated heterocycles. The van der Waals surface area contributed by atoms with Crippen molar-refractivity contribution in [3.05, 3.63) is 56.5 Å². The molecular weight excluding hydrogens is 399 g/mol. The van der Waals surface area contributed by atoms with Gasteiger partial charge in [0.05, 0.1) is 4.92 Å². The number of hydrogen-bond donors (Lipinski definition) is 2. The number of halogens is 1. The number of anilines is 1. The molecule has 0 saturated carbocycles. The molecule has 2 amide bonds. The molecule has 8 nitrogen and oxygen atoms in total. The van der Waals surface area contributed by atoms with Crippen LogP contribution in [0.2, 0.25) is 0 Å². The smallest absolute Gasteiger partial charge is 0.313 e. The van der Waals surface area contributed by atoms with Crippen LogP contribution in [0.3, 0.4) is 0 Å². The van der Waals surface area contributed by atoms with E-state index in [2.05, 4.69) is 32.4 Å². The lowest BCUT2D eigenvalue weighted by Gasteiger charge is -2.31. The van der Waals surface area contributed by atoms with Crippen molar-refractivity contribution >= 4 is 34.5 Å². The number of nitrogens with zero attached hydrogens (tertiary/aromatic N) is 2. The van der Waals surface area contributed by atoms with Crippen molar-refractivity contribution in [2.45, 2.75) is 19.4 Å². The van der Waals surface area contributed by atoms with Crippen molar-refractivity contribution in [1.82, 2.24) is 10.2 Å². The predicted octanol–water partition coefficient (Wildman–Crippen LogP) is 2.76. The average Bonchev–Trinajstić information content (AvgIpc) is 3.21. The minimum Gasteiger partial charge on any atom is -0.348 e. The number of amides is 2. The Hall–Kier alpha value is -2.85. The molecule has 10 heteroatoms. The maximum atomic E-state index is 13.3. The van der Waals surface area contributed by atoms with Crippen LogP contribution in [0.5, 0.6) is 0 Å². The van der Waals surface area contributed by atoms with E-state index in [0.29, 0.717) is 6.54 Å². The molecule has 0 atom stereocenters. The molecule has 2 aromatic rings. The van der Waals surface area contributed by atoms with E-state index in [1.165, 1.54) is 5.56 Å². The van der Waals surface area contributed by atoms with Crippen molar-refractivity contribution < 1.29 is 18.9 Å². The number of hydrogen-bond acceptors (Lipinski definition) is 6. The molecule has 0 radical (unpaired) electrons. The van der Waals surface area contributed by atoms with Gasteiger partial charge in [-0.05, 0) is 66.4 Å². The normalized spacial score (nSPS) is 15.1. The molecule has 1 aromatic carbocycles. The lowest BCUT2D eigenvalue weighted by molar-refractivity contribution is -0.387. The summed E-state index contributed by atoms with van der Waals surface area (Å²) < 4.78 is 13.3. The summed E-state index contributed by atoms with van der Waals surface area (Å²) in [5.74, 6) is -2.49. The molecule has 0 spiro atoms.